The van der Waals surface area contributed by atoms with Crippen molar-refractivity contribution in [3.63, 3.8) is 0 Å². The molecule has 1 saturated heterocycles. The van der Waals surface area contributed by atoms with Crippen LogP contribution in [0.5, 0.6) is 11.8 Å². The van der Waals surface area contributed by atoms with Crippen LogP contribution in [-0.4, -0.2) is 56.8 Å². The Bertz CT molecular complexity index is 1420. The van der Waals surface area contributed by atoms with Crippen molar-refractivity contribution < 1.29 is 18.6 Å². The van der Waals surface area contributed by atoms with E-state index in [0.717, 1.165) is 6.07 Å². The van der Waals surface area contributed by atoms with Crippen LogP contribution in [0.15, 0.2) is 42.7 Å². The Labute approximate surface area is 217 Å². The van der Waals surface area contributed by atoms with Crippen LogP contribution in [0.3, 0.4) is 0 Å². The van der Waals surface area contributed by atoms with Crippen molar-refractivity contribution in [1.82, 2.24) is 25.3 Å². The first-order valence-corrected chi connectivity index (χ1v) is 12.3. The molecule has 4 aromatic rings. The minimum absolute atomic E-state index is 0.0389. The van der Waals surface area contributed by atoms with Crippen molar-refractivity contribution in [3.8, 4) is 22.9 Å². The zero-order valence-electron chi connectivity index (χ0n) is 20.3. The number of hydrogen-bond acceptors (Lipinski definition) is 8. The second-order valence-corrected chi connectivity index (χ2v) is 9.39. The van der Waals surface area contributed by atoms with Gasteiger partial charge in [0.05, 0.1) is 17.2 Å². The summed E-state index contributed by atoms with van der Waals surface area (Å²) in [5.41, 5.74) is -0.698. The van der Waals surface area contributed by atoms with E-state index in [0.29, 0.717) is 36.5 Å². The number of fused-ring (bicyclic) bond motifs is 1. The van der Waals surface area contributed by atoms with Gasteiger partial charge in [0.15, 0.2) is 5.82 Å². The second-order valence-electron chi connectivity index (χ2n) is 8.98. The monoisotopic (exact) mass is 526 g/mol. The maximum atomic E-state index is 16.1. The number of phenolic OH excluding ortho intramolecular Hbond substituents is 1. The molecule has 11 heteroatoms. The molecule has 37 heavy (non-hydrogen) atoms. The molecule has 0 radical (unpaired) electrons. The van der Waals surface area contributed by atoms with Gasteiger partial charge in [0.1, 0.15) is 28.7 Å². The van der Waals surface area contributed by atoms with Crippen molar-refractivity contribution in [3.05, 3.63) is 65.2 Å². The fourth-order valence-corrected chi connectivity index (χ4v) is 4.73. The Kier molecular flexibility index (Phi) is 7.03. The maximum Gasteiger partial charge on any atom is 0.319 e. The molecule has 0 bridgehead atoms. The molecule has 2 aromatic carbocycles. The summed E-state index contributed by atoms with van der Waals surface area (Å²) in [4.78, 5) is 19.4. The Hall–Kier alpha value is -3.63. The second kappa shape index (κ2) is 10.4. The largest absolute Gasteiger partial charge is 0.507 e. The summed E-state index contributed by atoms with van der Waals surface area (Å²) in [5, 5.41) is 14.0. The van der Waals surface area contributed by atoms with E-state index >= 15 is 4.39 Å². The molecule has 192 valence electrons. The predicted octanol–water partition coefficient (Wildman–Crippen LogP) is 4.53. The number of aromatic hydroxyl groups is 1. The summed E-state index contributed by atoms with van der Waals surface area (Å²) >= 11 is 6.50. The minimum Gasteiger partial charge on any atom is -0.507 e. The van der Waals surface area contributed by atoms with Gasteiger partial charge in [0.2, 0.25) is 0 Å². The highest BCUT2D eigenvalue weighted by molar-refractivity contribution is 6.34. The molecule has 2 aromatic heterocycles. The quantitative estimate of drug-likeness (QED) is 0.378. The number of piperazine rings is 1. The van der Waals surface area contributed by atoms with Crippen LogP contribution in [0.25, 0.3) is 22.0 Å². The standard InChI is InChI=1S/C26H25ClF2N6O2/c1-14-13-35(15(2)12-32-14)25-16-11-17(27)21(22-18(28)5-3-6-19(22)36)23(29)24(16)33-26(34-25)37-10-7-20-30-8-4-9-31-20/h3-6,8-9,11,14-15,32,36H,7,10,12-13H2,1-2H3/t14-,15+/m1/s1. The van der Waals surface area contributed by atoms with E-state index in [1.54, 1.807) is 18.5 Å². The molecule has 2 N–H and O–H groups in total. The summed E-state index contributed by atoms with van der Waals surface area (Å²) in [6.45, 7) is 5.56. The maximum absolute atomic E-state index is 16.1. The van der Waals surface area contributed by atoms with E-state index in [9.17, 15) is 9.50 Å². The molecule has 5 rings (SSSR count). The summed E-state index contributed by atoms with van der Waals surface area (Å²) < 4.78 is 36.6. The molecule has 0 saturated carbocycles. The van der Waals surface area contributed by atoms with Crippen molar-refractivity contribution in [2.24, 2.45) is 0 Å². The van der Waals surface area contributed by atoms with Gasteiger partial charge in [0.25, 0.3) is 0 Å². The Morgan fingerprint density at radius 3 is 2.68 bits per heavy atom. The lowest BCUT2D eigenvalue weighted by Crippen LogP contribution is -2.54. The molecular weight excluding hydrogens is 502 g/mol. The number of anilines is 1. The van der Waals surface area contributed by atoms with Crippen molar-refractivity contribution in [2.45, 2.75) is 32.4 Å². The van der Waals surface area contributed by atoms with Gasteiger partial charge >= 0.3 is 6.01 Å². The number of aromatic nitrogens is 4. The lowest BCUT2D eigenvalue weighted by molar-refractivity contribution is 0.294. The first-order valence-electron chi connectivity index (χ1n) is 11.9. The molecule has 1 aliphatic rings. The minimum atomic E-state index is -0.876. The lowest BCUT2D eigenvalue weighted by Gasteiger charge is -2.39. The van der Waals surface area contributed by atoms with E-state index in [4.69, 9.17) is 16.3 Å². The van der Waals surface area contributed by atoms with Gasteiger partial charge in [-0.15, -0.1) is 0 Å². The van der Waals surface area contributed by atoms with Crippen LogP contribution >= 0.6 is 11.6 Å². The van der Waals surface area contributed by atoms with Crippen LogP contribution in [0.1, 0.15) is 19.7 Å². The molecule has 0 aliphatic carbocycles. The van der Waals surface area contributed by atoms with Crippen molar-refractivity contribution >= 4 is 28.3 Å². The van der Waals surface area contributed by atoms with Crippen LogP contribution < -0.4 is 15.0 Å². The SMILES string of the molecule is C[C@@H]1CN(c2nc(OCCc3ncccn3)nc3c(F)c(-c4c(O)cccc4F)c(Cl)cc23)[C@@H](C)CN1. The Morgan fingerprint density at radius 2 is 1.92 bits per heavy atom. The topological polar surface area (TPSA) is 96.3 Å². The highest BCUT2D eigenvalue weighted by atomic mass is 35.5. The van der Waals surface area contributed by atoms with Gasteiger partial charge in [-0.1, -0.05) is 17.7 Å². The fourth-order valence-electron chi connectivity index (χ4n) is 4.44. The number of phenols is 1. The predicted molar refractivity (Wildman–Crippen MR) is 137 cm³/mol. The normalized spacial score (nSPS) is 17.8. The molecule has 2 atom stereocenters. The molecule has 1 fully saturated rings. The van der Waals surface area contributed by atoms with E-state index in [-0.39, 0.29) is 46.4 Å². The molecule has 0 amide bonds. The van der Waals surface area contributed by atoms with E-state index in [1.165, 1.54) is 18.2 Å². The van der Waals surface area contributed by atoms with Crippen molar-refractivity contribution in [2.75, 3.05) is 24.6 Å². The van der Waals surface area contributed by atoms with E-state index < -0.39 is 17.4 Å². The van der Waals surface area contributed by atoms with Gasteiger partial charge in [-0.2, -0.15) is 9.97 Å². The molecule has 0 unspecified atom stereocenters. The zero-order chi connectivity index (χ0) is 26.1. The molecule has 1 aliphatic heterocycles. The summed E-state index contributed by atoms with van der Waals surface area (Å²) in [6.07, 6.45) is 3.67. The number of halogens is 3. The average Bonchev–Trinajstić information content (AvgIpc) is 2.88. The van der Waals surface area contributed by atoms with Gasteiger partial charge < -0.3 is 20.1 Å². The zero-order valence-corrected chi connectivity index (χ0v) is 21.0. The third kappa shape index (κ3) is 4.99. The van der Waals surface area contributed by atoms with Crippen LogP contribution in [0.4, 0.5) is 14.6 Å². The molecule has 3 heterocycles. The smallest absolute Gasteiger partial charge is 0.319 e. The Morgan fingerprint density at radius 1 is 1.14 bits per heavy atom. The summed E-state index contributed by atoms with van der Waals surface area (Å²) in [5.74, 6) is -1.07. The fraction of sp³-hybridized carbons (Fsp3) is 0.308. The van der Waals surface area contributed by atoms with Gasteiger partial charge in [0, 0.05) is 54.9 Å². The summed E-state index contributed by atoms with van der Waals surface area (Å²) in [6, 6.07) is 7.12. The highest BCUT2D eigenvalue weighted by Gasteiger charge is 2.29. The van der Waals surface area contributed by atoms with Crippen LogP contribution in [-0.2, 0) is 6.42 Å². The average molecular weight is 527 g/mol. The highest BCUT2D eigenvalue weighted by Crippen LogP contribution is 2.43. The third-order valence-electron chi connectivity index (χ3n) is 6.30. The number of hydrogen-bond donors (Lipinski definition) is 2. The van der Waals surface area contributed by atoms with Gasteiger partial charge in [-0.25, -0.2) is 18.7 Å². The van der Waals surface area contributed by atoms with Gasteiger partial charge in [-0.3, -0.25) is 0 Å². The first kappa shape index (κ1) is 25.0. The van der Waals surface area contributed by atoms with E-state index in [1.807, 2.05) is 18.7 Å². The van der Waals surface area contributed by atoms with E-state index in [2.05, 4.69) is 25.3 Å². The van der Waals surface area contributed by atoms with Crippen LogP contribution in [0.2, 0.25) is 5.02 Å². The Balaban J connectivity index is 1.64. The number of ether oxygens (including phenoxy) is 1. The number of nitrogens with one attached hydrogen (secondary N) is 1. The third-order valence-corrected chi connectivity index (χ3v) is 6.59. The van der Waals surface area contributed by atoms with Crippen molar-refractivity contribution in [1.29, 1.82) is 0 Å². The first-order chi connectivity index (χ1) is 17.8. The number of benzene rings is 2. The number of rotatable bonds is 6. The summed E-state index contributed by atoms with van der Waals surface area (Å²) in [7, 11) is 0. The number of nitrogens with zero attached hydrogens (tertiary/aromatic N) is 5. The van der Waals surface area contributed by atoms with Gasteiger partial charge in [-0.05, 0) is 38.1 Å². The van der Waals surface area contributed by atoms with Crippen LogP contribution in [0, 0.1) is 11.6 Å². The lowest BCUT2D eigenvalue weighted by atomic mass is 10.0. The molecule has 0 spiro atoms. The molecule has 8 nitrogen and oxygen atoms in total. The molecular formula is C26H25ClF2N6O2.